The molecule has 0 unspecified atom stereocenters. The number of nitrogens with one attached hydrogen (secondary N) is 1. The maximum Gasteiger partial charge on any atom is 0.263 e. The number of anilines is 2. The Bertz CT molecular complexity index is 763. The standard InChI is InChI=1S/C13H12BrFN2O2S/c1-8-11(16)3-2-4-12(8)17-20(18,19)13-6-5-9(15)7-10(13)14/h2-7,17H,16H2,1H3. The Balaban J connectivity index is 2.44. The molecular formula is C13H12BrFN2O2S. The van der Waals surface area contributed by atoms with Gasteiger partial charge in [0.1, 0.15) is 10.7 Å². The zero-order valence-electron chi connectivity index (χ0n) is 10.5. The molecule has 2 aromatic carbocycles. The zero-order valence-corrected chi connectivity index (χ0v) is 12.9. The number of rotatable bonds is 3. The fourth-order valence-electron chi connectivity index (χ4n) is 1.66. The molecule has 7 heteroatoms. The van der Waals surface area contributed by atoms with E-state index in [-0.39, 0.29) is 9.37 Å². The summed E-state index contributed by atoms with van der Waals surface area (Å²) < 4.78 is 40.2. The van der Waals surface area contributed by atoms with Crippen molar-refractivity contribution >= 4 is 37.3 Å². The molecule has 0 heterocycles. The quantitative estimate of drug-likeness (QED) is 0.827. The Kier molecular flexibility index (Phi) is 4.01. The van der Waals surface area contributed by atoms with Crippen LogP contribution < -0.4 is 10.5 Å². The molecule has 0 aliphatic carbocycles. The van der Waals surface area contributed by atoms with E-state index in [1.165, 1.54) is 6.07 Å². The smallest absolute Gasteiger partial charge is 0.263 e. The van der Waals surface area contributed by atoms with Crippen LogP contribution in [0.1, 0.15) is 5.56 Å². The first-order valence-electron chi connectivity index (χ1n) is 5.64. The molecule has 0 fully saturated rings. The lowest BCUT2D eigenvalue weighted by Crippen LogP contribution is -2.14. The van der Waals surface area contributed by atoms with E-state index in [0.29, 0.717) is 16.9 Å². The number of nitrogens with two attached hydrogens (primary N) is 1. The summed E-state index contributed by atoms with van der Waals surface area (Å²) in [5.41, 5.74) is 7.25. The van der Waals surface area contributed by atoms with E-state index in [1.54, 1.807) is 25.1 Å². The first-order valence-corrected chi connectivity index (χ1v) is 7.92. The largest absolute Gasteiger partial charge is 0.398 e. The molecule has 0 radical (unpaired) electrons. The van der Waals surface area contributed by atoms with E-state index < -0.39 is 15.8 Å². The van der Waals surface area contributed by atoms with Crippen LogP contribution in [0.25, 0.3) is 0 Å². The maximum atomic E-state index is 13.0. The summed E-state index contributed by atoms with van der Waals surface area (Å²) in [6.45, 7) is 1.72. The average Bonchev–Trinajstić information content (AvgIpc) is 2.34. The summed E-state index contributed by atoms with van der Waals surface area (Å²) >= 11 is 3.05. The molecule has 2 rings (SSSR count). The SMILES string of the molecule is Cc1c(N)cccc1NS(=O)(=O)c1ccc(F)cc1Br. The Morgan fingerprint density at radius 1 is 1.25 bits per heavy atom. The van der Waals surface area contributed by atoms with E-state index in [0.717, 1.165) is 12.1 Å². The number of hydrogen-bond donors (Lipinski definition) is 2. The summed E-state index contributed by atoms with van der Waals surface area (Å²) in [5, 5.41) is 0. The third kappa shape index (κ3) is 2.94. The van der Waals surface area contributed by atoms with Crippen molar-refractivity contribution in [2.24, 2.45) is 0 Å². The molecule has 106 valence electrons. The molecule has 4 nitrogen and oxygen atoms in total. The molecule has 0 aliphatic rings. The lowest BCUT2D eigenvalue weighted by atomic mass is 10.2. The number of halogens is 2. The fourth-order valence-corrected chi connectivity index (χ4v) is 3.83. The van der Waals surface area contributed by atoms with Crippen molar-refractivity contribution in [1.29, 1.82) is 0 Å². The maximum absolute atomic E-state index is 13.0. The molecule has 2 aromatic rings. The van der Waals surface area contributed by atoms with Gasteiger partial charge in [-0.1, -0.05) is 6.07 Å². The topological polar surface area (TPSA) is 72.2 Å². The van der Waals surface area contributed by atoms with Crippen molar-refractivity contribution in [3.63, 3.8) is 0 Å². The van der Waals surface area contributed by atoms with Gasteiger partial charge in [-0.3, -0.25) is 4.72 Å². The third-order valence-corrected chi connectivity index (χ3v) is 5.15. The molecule has 0 saturated carbocycles. The van der Waals surface area contributed by atoms with Gasteiger partial charge in [-0.05, 0) is 58.7 Å². The highest BCUT2D eigenvalue weighted by Gasteiger charge is 2.19. The van der Waals surface area contributed by atoms with Crippen molar-refractivity contribution in [2.45, 2.75) is 11.8 Å². The van der Waals surface area contributed by atoms with Gasteiger partial charge in [0, 0.05) is 10.2 Å². The molecule has 0 bridgehead atoms. The van der Waals surface area contributed by atoms with Crippen LogP contribution >= 0.6 is 15.9 Å². The van der Waals surface area contributed by atoms with Crippen molar-refractivity contribution in [1.82, 2.24) is 0 Å². The minimum atomic E-state index is -3.82. The number of hydrogen-bond acceptors (Lipinski definition) is 3. The van der Waals surface area contributed by atoms with Crippen LogP contribution in [0.3, 0.4) is 0 Å². The Morgan fingerprint density at radius 2 is 1.95 bits per heavy atom. The van der Waals surface area contributed by atoms with Gasteiger partial charge in [-0.15, -0.1) is 0 Å². The highest BCUT2D eigenvalue weighted by atomic mass is 79.9. The van der Waals surface area contributed by atoms with Crippen molar-refractivity contribution in [3.8, 4) is 0 Å². The number of nitrogen functional groups attached to an aromatic ring is 1. The first kappa shape index (κ1) is 14.8. The second kappa shape index (κ2) is 5.41. The normalized spacial score (nSPS) is 11.3. The first-order chi connectivity index (χ1) is 9.31. The van der Waals surface area contributed by atoms with Crippen LogP contribution in [-0.4, -0.2) is 8.42 Å². The zero-order chi connectivity index (χ0) is 14.9. The Labute approximate surface area is 125 Å². The van der Waals surface area contributed by atoms with Crippen LogP contribution in [-0.2, 0) is 10.0 Å². The lowest BCUT2D eigenvalue weighted by Gasteiger charge is -2.12. The third-order valence-electron chi connectivity index (χ3n) is 2.80. The summed E-state index contributed by atoms with van der Waals surface area (Å²) in [6.07, 6.45) is 0. The molecule has 0 saturated heterocycles. The van der Waals surface area contributed by atoms with Crippen LogP contribution in [0.15, 0.2) is 45.8 Å². The predicted octanol–water partition coefficient (Wildman–Crippen LogP) is 3.28. The molecule has 0 spiro atoms. The number of sulfonamides is 1. The summed E-state index contributed by atoms with van der Waals surface area (Å²) in [6, 6.07) is 8.33. The predicted molar refractivity (Wildman–Crippen MR) is 80.5 cm³/mol. The Morgan fingerprint density at radius 3 is 2.60 bits per heavy atom. The van der Waals surface area contributed by atoms with Crippen LogP contribution in [0.2, 0.25) is 0 Å². The molecule has 0 atom stereocenters. The van der Waals surface area contributed by atoms with Crippen LogP contribution in [0.4, 0.5) is 15.8 Å². The van der Waals surface area contributed by atoms with Gasteiger partial charge < -0.3 is 5.73 Å². The van der Waals surface area contributed by atoms with E-state index in [2.05, 4.69) is 20.7 Å². The minimum absolute atomic E-state index is 0.0410. The van der Waals surface area contributed by atoms with Gasteiger partial charge in [-0.25, -0.2) is 12.8 Å². The van der Waals surface area contributed by atoms with E-state index in [1.807, 2.05) is 0 Å². The molecule has 0 aliphatic heterocycles. The number of benzene rings is 2. The van der Waals surface area contributed by atoms with E-state index in [9.17, 15) is 12.8 Å². The minimum Gasteiger partial charge on any atom is -0.398 e. The monoisotopic (exact) mass is 358 g/mol. The van der Waals surface area contributed by atoms with Crippen molar-refractivity contribution < 1.29 is 12.8 Å². The molecular weight excluding hydrogens is 347 g/mol. The second-order valence-electron chi connectivity index (χ2n) is 4.20. The van der Waals surface area contributed by atoms with Crippen LogP contribution in [0.5, 0.6) is 0 Å². The van der Waals surface area contributed by atoms with Gasteiger partial charge in [-0.2, -0.15) is 0 Å². The van der Waals surface area contributed by atoms with Gasteiger partial charge in [0.15, 0.2) is 0 Å². The highest BCUT2D eigenvalue weighted by molar-refractivity contribution is 9.10. The average molecular weight is 359 g/mol. The summed E-state index contributed by atoms with van der Waals surface area (Å²) in [7, 11) is -3.82. The lowest BCUT2D eigenvalue weighted by molar-refractivity contribution is 0.599. The van der Waals surface area contributed by atoms with Gasteiger partial charge >= 0.3 is 0 Å². The van der Waals surface area contributed by atoms with Gasteiger partial charge in [0.25, 0.3) is 10.0 Å². The van der Waals surface area contributed by atoms with E-state index in [4.69, 9.17) is 5.73 Å². The van der Waals surface area contributed by atoms with Gasteiger partial charge in [0.05, 0.1) is 5.69 Å². The van der Waals surface area contributed by atoms with Crippen molar-refractivity contribution in [2.75, 3.05) is 10.5 Å². The van der Waals surface area contributed by atoms with E-state index >= 15 is 0 Å². The van der Waals surface area contributed by atoms with Crippen molar-refractivity contribution in [3.05, 3.63) is 52.3 Å². The molecule has 20 heavy (non-hydrogen) atoms. The summed E-state index contributed by atoms with van der Waals surface area (Å²) in [4.78, 5) is -0.0410. The van der Waals surface area contributed by atoms with Gasteiger partial charge in [0.2, 0.25) is 0 Å². The molecule has 3 N–H and O–H groups in total. The molecule has 0 amide bonds. The molecule has 0 aromatic heterocycles. The highest BCUT2D eigenvalue weighted by Crippen LogP contribution is 2.27. The second-order valence-corrected chi connectivity index (χ2v) is 6.71. The summed E-state index contributed by atoms with van der Waals surface area (Å²) in [5.74, 6) is -0.518. The Hall–Kier alpha value is -1.60. The fraction of sp³-hybridized carbons (Fsp3) is 0.0769. The van der Waals surface area contributed by atoms with Crippen LogP contribution in [0, 0.1) is 12.7 Å².